The van der Waals surface area contributed by atoms with Crippen molar-refractivity contribution in [2.75, 3.05) is 10.6 Å². The van der Waals surface area contributed by atoms with Crippen LogP contribution in [-0.2, 0) is 13.1 Å². The zero-order valence-corrected chi connectivity index (χ0v) is 19.9. The molecule has 3 aromatic carbocycles. The molecule has 0 saturated heterocycles. The van der Waals surface area contributed by atoms with Crippen molar-refractivity contribution >= 4 is 49.7 Å². The summed E-state index contributed by atoms with van der Waals surface area (Å²) in [7, 11) is 0. The third-order valence-electron chi connectivity index (χ3n) is 4.57. The zero-order chi connectivity index (χ0) is 22.5. The lowest BCUT2D eigenvalue weighted by Crippen LogP contribution is -2.17. The number of benzene rings is 3. The molecule has 1 aromatic heterocycles. The normalized spacial score (nSPS) is 10.7. The molecule has 0 spiro atoms. The lowest BCUT2D eigenvalue weighted by atomic mass is 10.2. The van der Waals surface area contributed by atoms with E-state index in [0.29, 0.717) is 24.6 Å². The average molecular weight is 559 g/mol. The monoisotopic (exact) mass is 557 g/mol. The molecule has 162 valence electrons. The van der Waals surface area contributed by atoms with Gasteiger partial charge in [-0.2, -0.15) is 9.67 Å². The first kappa shape index (κ1) is 22.2. The molecule has 4 rings (SSSR count). The standard InChI is InChI=1S/C23H18Br2FN5O/c24-18-5-1-3-15(11-18)13-27-22-29-23(28-14-16-4-2-6-19(25)12-16)31(30-22)21(32)17-7-9-20(26)10-8-17/h1-12H,13-14H2,(H2,27,28,29,30). The summed E-state index contributed by atoms with van der Waals surface area (Å²) in [5.74, 6) is -0.234. The van der Waals surface area contributed by atoms with E-state index in [1.54, 1.807) is 0 Å². The number of carbonyl (C=O) groups excluding carboxylic acids is 1. The molecule has 32 heavy (non-hydrogen) atoms. The van der Waals surface area contributed by atoms with Crippen LogP contribution in [0.2, 0.25) is 0 Å². The summed E-state index contributed by atoms with van der Waals surface area (Å²) >= 11 is 6.91. The average Bonchev–Trinajstić information content (AvgIpc) is 3.20. The molecule has 0 saturated carbocycles. The molecular weight excluding hydrogens is 541 g/mol. The molecule has 0 radical (unpaired) electrons. The lowest BCUT2D eigenvalue weighted by molar-refractivity contribution is 0.0947. The highest BCUT2D eigenvalue weighted by Crippen LogP contribution is 2.18. The van der Waals surface area contributed by atoms with Crippen LogP contribution < -0.4 is 10.6 Å². The first-order valence-corrected chi connectivity index (χ1v) is 11.3. The minimum atomic E-state index is -0.412. The van der Waals surface area contributed by atoms with E-state index >= 15 is 0 Å². The summed E-state index contributed by atoms with van der Waals surface area (Å²) in [5, 5.41) is 10.7. The maximum Gasteiger partial charge on any atom is 0.281 e. The number of rotatable bonds is 7. The van der Waals surface area contributed by atoms with Gasteiger partial charge in [-0.15, -0.1) is 5.10 Å². The Hall–Kier alpha value is -3.04. The van der Waals surface area contributed by atoms with Gasteiger partial charge in [0.2, 0.25) is 11.9 Å². The number of nitrogens with zero attached hydrogens (tertiary/aromatic N) is 3. The molecule has 0 amide bonds. The largest absolute Gasteiger partial charge is 0.350 e. The Morgan fingerprint density at radius 1 is 0.875 bits per heavy atom. The van der Waals surface area contributed by atoms with Crippen LogP contribution in [0, 0.1) is 5.82 Å². The number of aromatic nitrogens is 3. The highest BCUT2D eigenvalue weighted by Gasteiger charge is 2.18. The molecule has 0 unspecified atom stereocenters. The first-order valence-electron chi connectivity index (χ1n) is 9.72. The van der Waals surface area contributed by atoms with E-state index in [0.717, 1.165) is 20.1 Å². The van der Waals surface area contributed by atoms with Gasteiger partial charge in [-0.3, -0.25) is 4.79 Å². The van der Waals surface area contributed by atoms with E-state index < -0.39 is 11.7 Å². The number of carbonyl (C=O) groups is 1. The Morgan fingerprint density at radius 3 is 2.06 bits per heavy atom. The van der Waals surface area contributed by atoms with Crippen LogP contribution in [0.25, 0.3) is 0 Å². The van der Waals surface area contributed by atoms with Crippen molar-refractivity contribution in [3.05, 3.63) is 104 Å². The van der Waals surface area contributed by atoms with Crippen molar-refractivity contribution in [1.29, 1.82) is 0 Å². The van der Waals surface area contributed by atoms with Crippen LogP contribution >= 0.6 is 31.9 Å². The smallest absolute Gasteiger partial charge is 0.281 e. The Kier molecular flexibility index (Phi) is 6.96. The maximum absolute atomic E-state index is 13.3. The molecule has 0 aliphatic rings. The van der Waals surface area contributed by atoms with Gasteiger partial charge >= 0.3 is 0 Å². The van der Waals surface area contributed by atoms with Crippen LogP contribution in [0.1, 0.15) is 21.5 Å². The third kappa shape index (κ3) is 5.60. The third-order valence-corrected chi connectivity index (χ3v) is 5.56. The highest BCUT2D eigenvalue weighted by molar-refractivity contribution is 9.10. The van der Waals surface area contributed by atoms with Gasteiger partial charge in [0.25, 0.3) is 5.91 Å². The summed E-state index contributed by atoms with van der Waals surface area (Å²) < 4.78 is 16.4. The minimum Gasteiger partial charge on any atom is -0.350 e. The van der Waals surface area contributed by atoms with Gasteiger partial charge in [0.1, 0.15) is 5.82 Å². The molecular formula is C23H18Br2FN5O. The molecule has 0 aliphatic carbocycles. The Balaban J connectivity index is 1.58. The predicted octanol–water partition coefficient (Wildman–Crippen LogP) is 5.85. The van der Waals surface area contributed by atoms with E-state index in [2.05, 4.69) is 52.6 Å². The van der Waals surface area contributed by atoms with Crippen molar-refractivity contribution in [2.45, 2.75) is 13.1 Å². The van der Waals surface area contributed by atoms with E-state index in [9.17, 15) is 9.18 Å². The van der Waals surface area contributed by atoms with Gasteiger partial charge < -0.3 is 10.6 Å². The maximum atomic E-state index is 13.3. The van der Waals surface area contributed by atoms with Crippen molar-refractivity contribution in [3.63, 3.8) is 0 Å². The van der Waals surface area contributed by atoms with Crippen LogP contribution in [0.5, 0.6) is 0 Å². The molecule has 6 nitrogen and oxygen atoms in total. The number of halogens is 3. The summed E-state index contributed by atoms with van der Waals surface area (Å²) in [6, 6.07) is 21.0. The Labute approximate surface area is 201 Å². The second kappa shape index (κ2) is 10.1. The quantitative estimate of drug-likeness (QED) is 0.297. The molecule has 0 atom stereocenters. The summed E-state index contributed by atoms with van der Waals surface area (Å²) in [4.78, 5) is 17.5. The van der Waals surface area contributed by atoms with Crippen LogP contribution in [0.15, 0.2) is 81.7 Å². The number of anilines is 2. The summed E-state index contributed by atoms with van der Waals surface area (Å²) in [6.07, 6.45) is 0. The van der Waals surface area contributed by atoms with Crippen molar-refractivity contribution < 1.29 is 9.18 Å². The second-order valence-corrected chi connectivity index (χ2v) is 8.78. The number of hydrogen-bond donors (Lipinski definition) is 2. The Morgan fingerprint density at radius 2 is 1.47 bits per heavy atom. The van der Waals surface area contributed by atoms with E-state index in [1.165, 1.54) is 28.9 Å². The van der Waals surface area contributed by atoms with Crippen molar-refractivity contribution in [1.82, 2.24) is 14.8 Å². The van der Waals surface area contributed by atoms with Gasteiger partial charge in [-0.05, 0) is 59.7 Å². The van der Waals surface area contributed by atoms with Gasteiger partial charge in [0.05, 0.1) is 0 Å². The van der Waals surface area contributed by atoms with Crippen LogP contribution in [-0.4, -0.2) is 20.7 Å². The van der Waals surface area contributed by atoms with Gasteiger partial charge in [-0.25, -0.2) is 4.39 Å². The van der Waals surface area contributed by atoms with Crippen molar-refractivity contribution in [3.8, 4) is 0 Å². The summed E-state index contributed by atoms with van der Waals surface area (Å²) in [5.41, 5.74) is 2.34. The number of nitrogens with one attached hydrogen (secondary N) is 2. The lowest BCUT2D eigenvalue weighted by Gasteiger charge is -2.07. The van der Waals surface area contributed by atoms with Crippen molar-refractivity contribution in [2.24, 2.45) is 0 Å². The highest BCUT2D eigenvalue weighted by atomic mass is 79.9. The first-order chi connectivity index (χ1) is 15.5. The summed E-state index contributed by atoms with van der Waals surface area (Å²) in [6.45, 7) is 0.930. The molecule has 0 bridgehead atoms. The molecule has 1 heterocycles. The fraction of sp³-hybridized carbons (Fsp3) is 0.0870. The van der Waals surface area contributed by atoms with E-state index in [4.69, 9.17) is 0 Å². The van der Waals surface area contributed by atoms with E-state index in [1.807, 2.05) is 48.5 Å². The molecule has 0 fully saturated rings. The fourth-order valence-corrected chi connectivity index (χ4v) is 3.91. The number of hydrogen-bond acceptors (Lipinski definition) is 5. The molecule has 2 N–H and O–H groups in total. The minimum absolute atomic E-state index is 0.288. The topological polar surface area (TPSA) is 71.8 Å². The fourth-order valence-electron chi connectivity index (χ4n) is 3.01. The SMILES string of the molecule is O=C(c1ccc(F)cc1)n1nc(NCc2cccc(Br)c2)nc1NCc1cccc(Br)c1. The molecule has 9 heteroatoms. The molecule has 4 aromatic rings. The van der Waals surface area contributed by atoms with Gasteiger partial charge in [-0.1, -0.05) is 56.1 Å². The zero-order valence-electron chi connectivity index (χ0n) is 16.7. The predicted molar refractivity (Wildman–Crippen MR) is 129 cm³/mol. The van der Waals surface area contributed by atoms with E-state index in [-0.39, 0.29) is 5.95 Å². The van der Waals surface area contributed by atoms with Crippen LogP contribution in [0.3, 0.4) is 0 Å². The second-order valence-electron chi connectivity index (χ2n) is 6.95. The van der Waals surface area contributed by atoms with Crippen LogP contribution in [0.4, 0.5) is 16.3 Å². The van der Waals surface area contributed by atoms with Gasteiger partial charge in [0.15, 0.2) is 0 Å². The van der Waals surface area contributed by atoms with Gasteiger partial charge in [0, 0.05) is 27.6 Å². The Bertz CT molecular complexity index is 1240. The molecule has 0 aliphatic heterocycles.